The number of hydrogen-bond acceptors (Lipinski definition) is 6. The molecule has 134 valence electrons. The minimum absolute atomic E-state index is 0.350. The number of carbonyl (C=O) groups is 2. The molecule has 0 radical (unpaired) electrons. The van der Waals surface area contributed by atoms with Crippen molar-refractivity contribution in [3.63, 3.8) is 0 Å². The van der Waals surface area contributed by atoms with E-state index in [1.807, 2.05) is 0 Å². The van der Waals surface area contributed by atoms with Crippen molar-refractivity contribution in [1.82, 2.24) is 0 Å². The van der Waals surface area contributed by atoms with E-state index in [1.54, 1.807) is 27.7 Å². The summed E-state index contributed by atoms with van der Waals surface area (Å²) in [4.78, 5) is 22.9. The van der Waals surface area contributed by atoms with Gasteiger partial charge in [0.05, 0.1) is 12.2 Å². The summed E-state index contributed by atoms with van der Waals surface area (Å²) in [5.41, 5.74) is 0. The normalized spacial score (nSPS) is 21.7. The van der Waals surface area contributed by atoms with E-state index in [4.69, 9.17) is 18.9 Å². The lowest BCUT2D eigenvalue weighted by Gasteiger charge is -2.31. The smallest absolute Gasteiger partial charge is 0.337 e. The van der Waals surface area contributed by atoms with Crippen LogP contribution in [-0.4, -0.2) is 23.5 Å². The Hall–Kier alpha value is -1.98. The lowest BCUT2D eigenvalue weighted by atomic mass is 10.1. The molecule has 0 saturated carbocycles. The van der Waals surface area contributed by atoms with Crippen molar-refractivity contribution in [2.24, 2.45) is 0 Å². The molecular formula is C18H26O6. The van der Waals surface area contributed by atoms with E-state index in [9.17, 15) is 9.59 Å². The largest absolute Gasteiger partial charge is 0.457 e. The summed E-state index contributed by atoms with van der Waals surface area (Å²) in [6.45, 7) is 6.90. The molecule has 0 aromatic rings. The van der Waals surface area contributed by atoms with Crippen molar-refractivity contribution >= 4 is 11.9 Å². The summed E-state index contributed by atoms with van der Waals surface area (Å²) >= 11 is 0. The number of esters is 2. The summed E-state index contributed by atoms with van der Waals surface area (Å²) < 4.78 is 21.3. The van der Waals surface area contributed by atoms with Gasteiger partial charge < -0.3 is 18.9 Å². The number of ether oxygens (including phenoxy) is 4. The van der Waals surface area contributed by atoms with Gasteiger partial charge in [-0.25, -0.2) is 9.59 Å². The van der Waals surface area contributed by atoms with Gasteiger partial charge in [0.1, 0.15) is 11.5 Å². The van der Waals surface area contributed by atoms with Gasteiger partial charge in [-0.1, -0.05) is 12.8 Å². The van der Waals surface area contributed by atoms with Gasteiger partial charge >= 0.3 is 11.9 Å². The van der Waals surface area contributed by atoms with Gasteiger partial charge in [0.2, 0.25) is 11.6 Å². The fourth-order valence-electron chi connectivity index (χ4n) is 2.74. The van der Waals surface area contributed by atoms with Crippen LogP contribution in [0.2, 0.25) is 0 Å². The number of unbranched alkanes of at least 4 members (excludes halogenated alkanes) is 3. The van der Waals surface area contributed by atoms with Crippen molar-refractivity contribution in [2.75, 3.05) is 0 Å². The van der Waals surface area contributed by atoms with Crippen molar-refractivity contribution in [3.8, 4) is 0 Å². The monoisotopic (exact) mass is 338 g/mol. The van der Waals surface area contributed by atoms with E-state index in [1.165, 1.54) is 12.2 Å². The number of carbonyl (C=O) groups excluding carboxylic acids is 2. The fourth-order valence-corrected chi connectivity index (χ4v) is 2.74. The number of cyclic esters (lactones) is 2. The Balaban J connectivity index is 1.64. The van der Waals surface area contributed by atoms with Crippen LogP contribution in [0.25, 0.3) is 0 Å². The zero-order chi connectivity index (χ0) is 17.8. The van der Waals surface area contributed by atoms with Crippen molar-refractivity contribution in [2.45, 2.75) is 77.8 Å². The number of hydrogen-bond donors (Lipinski definition) is 0. The van der Waals surface area contributed by atoms with Crippen LogP contribution in [-0.2, 0) is 28.5 Å². The molecule has 0 amide bonds. The molecule has 2 aliphatic rings. The highest BCUT2D eigenvalue weighted by Crippen LogP contribution is 2.27. The highest BCUT2D eigenvalue weighted by Gasteiger charge is 2.30. The third kappa shape index (κ3) is 5.91. The minimum Gasteiger partial charge on any atom is -0.457 e. The second kappa shape index (κ2) is 7.28. The summed E-state index contributed by atoms with van der Waals surface area (Å²) in [5, 5.41) is 0. The maximum Gasteiger partial charge on any atom is 0.337 e. The molecule has 0 bridgehead atoms. The zero-order valence-corrected chi connectivity index (χ0v) is 14.8. The first-order chi connectivity index (χ1) is 11.2. The van der Waals surface area contributed by atoms with Crippen LogP contribution >= 0.6 is 0 Å². The molecule has 0 fully saturated rings. The second-order valence-corrected chi connectivity index (χ2v) is 6.98. The summed E-state index contributed by atoms with van der Waals surface area (Å²) in [6, 6.07) is 0. The Labute approximate surface area is 142 Å². The zero-order valence-electron chi connectivity index (χ0n) is 14.8. The van der Waals surface area contributed by atoms with Crippen LogP contribution < -0.4 is 0 Å². The fraction of sp³-hybridized carbons (Fsp3) is 0.667. The number of rotatable bonds is 7. The molecule has 0 aliphatic carbocycles. The summed E-state index contributed by atoms with van der Waals surface area (Å²) in [7, 11) is 0. The van der Waals surface area contributed by atoms with Crippen LogP contribution in [0.4, 0.5) is 0 Å². The second-order valence-electron chi connectivity index (χ2n) is 6.98. The molecule has 2 rings (SSSR count). The minimum atomic E-state index is -0.882. The van der Waals surface area contributed by atoms with Gasteiger partial charge in [-0.2, -0.15) is 0 Å². The summed E-state index contributed by atoms with van der Waals surface area (Å²) in [5.74, 6) is -1.10. The van der Waals surface area contributed by atoms with E-state index in [0.29, 0.717) is 11.5 Å². The van der Waals surface area contributed by atoms with Crippen LogP contribution in [0, 0.1) is 0 Å². The molecule has 24 heavy (non-hydrogen) atoms. The average molecular weight is 338 g/mol. The first-order valence-electron chi connectivity index (χ1n) is 8.40. The van der Waals surface area contributed by atoms with Gasteiger partial charge in [0.15, 0.2) is 0 Å². The maximum absolute atomic E-state index is 11.4. The van der Waals surface area contributed by atoms with E-state index < -0.39 is 11.6 Å². The van der Waals surface area contributed by atoms with Crippen molar-refractivity contribution < 1.29 is 28.5 Å². The summed E-state index contributed by atoms with van der Waals surface area (Å²) in [6.07, 6.45) is 8.16. The van der Waals surface area contributed by atoms with E-state index in [-0.39, 0.29) is 11.9 Å². The Morgan fingerprint density at radius 3 is 1.38 bits per heavy atom. The Morgan fingerprint density at radius 1 is 0.667 bits per heavy atom. The van der Waals surface area contributed by atoms with Gasteiger partial charge in [0, 0.05) is 40.5 Å². The van der Waals surface area contributed by atoms with Gasteiger partial charge in [-0.05, 0) is 12.8 Å². The Bertz CT molecular complexity index is 506. The molecule has 0 aromatic heterocycles. The van der Waals surface area contributed by atoms with Crippen LogP contribution in [0.5, 0.6) is 0 Å². The highest BCUT2D eigenvalue weighted by molar-refractivity contribution is 5.83. The van der Waals surface area contributed by atoms with Gasteiger partial charge in [0.25, 0.3) is 0 Å². The third-order valence-electron chi connectivity index (χ3n) is 3.60. The van der Waals surface area contributed by atoms with Crippen LogP contribution in [0.1, 0.15) is 66.2 Å². The molecule has 0 atom stereocenters. The topological polar surface area (TPSA) is 71.1 Å². The molecule has 6 heteroatoms. The Morgan fingerprint density at radius 2 is 1.04 bits per heavy atom. The van der Waals surface area contributed by atoms with Crippen LogP contribution in [0.15, 0.2) is 23.7 Å². The molecule has 0 unspecified atom stereocenters. The molecule has 0 N–H and O–H groups in total. The van der Waals surface area contributed by atoms with E-state index in [2.05, 4.69) is 0 Å². The highest BCUT2D eigenvalue weighted by atomic mass is 16.7. The van der Waals surface area contributed by atoms with E-state index in [0.717, 1.165) is 38.5 Å². The third-order valence-corrected chi connectivity index (χ3v) is 3.60. The van der Waals surface area contributed by atoms with Gasteiger partial charge in [-0.15, -0.1) is 0 Å². The lowest BCUT2D eigenvalue weighted by Crippen LogP contribution is -2.34. The van der Waals surface area contributed by atoms with E-state index >= 15 is 0 Å². The molecule has 6 nitrogen and oxygen atoms in total. The average Bonchev–Trinajstić information content (AvgIpc) is 2.38. The van der Waals surface area contributed by atoms with Crippen molar-refractivity contribution in [1.29, 1.82) is 0 Å². The molecular weight excluding hydrogens is 312 g/mol. The van der Waals surface area contributed by atoms with Gasteiger partial charge in [-0.3, -0.25) is 0 Å². The molecule has 0 saturated heterocycles. The van der Waals surface area contributed by atoms with Crippen LogP contribution in [0.3, 0.4) is 0 Å². The molecule has 2 aliphatic heterocycles. The molecule has 0 spiro atoms. The predicted octanol–water partition coefficient (Wildman–Crippen LogP) is 3.71. The predicted molar refractivity (Wildman–Crippen MR) is 86.4 cm³/mol. The number of allylic oxidation sites excluding steroid dienone is 2. The van der Waals surface area contributed by atoms with Crippen molar-refractivity contribution in [3.05, 3.63) is 23.7 Å². The first-order valence-corrected chi connectivity index (χ1v) is 8.40. The standard InChI is InChI=1S/C18H26O6/c1-17(2)21-13(11-15(19)23-17)9-7-5-6-8-10-14-12-16(20)24-18(3,4)22-14/h11-12H,5-10H2,1-4H3. The quantitative estimate of drug-likeness (QED) is 0.520. The SMILES string of the molecule is CC1(C)OC(=O)C=C(CCCCCCC2=CC(=O)OC(C)(C)O2)O1. The maximum atomic E-state index is 11.4. The first kappa shape index (κ1) is 18.4. The molecule has 0 aromatic carbocycles. The lowest BCUT2D eigenvalue weighted by molar-refractivity contribution is -0.207. The molecule has 2 heterocycles. The Kier molecular flexibility index (Phi) is 5.57.